The minimum absolute atomic E-state index is 0.495. The highest BCUT2D eigenvalue weighted by molar-refractivity contribution is 7.90. The lowest BCUT2D eigenvalue weighted by Gasteiger charge is -2.28. The molecule has 0 radical (unpaired) electrons. The molecule has 0 aromatic carbocycles. The fourth-order valence-electron chi connectivity index (χ4n) is 2.19. The van der Waals surface area contributed by atoms with Gasteiger partial charge in [0.05, 0.1) is 23.5 Å². The monoisotopic (exact) mass is 478 g/mol. The number of nitrogens with zero attached hydrogens (tertiary/aromatic N) is 2. The summed E-state index contributed by atoms with van der Waals surface area (Å²) in [5, 5.41) is 0. The number of rotatable bonds is 7. The van der Waals surface area contributed by atoms with E-state index in [-0.39, 0.29) is 0 Å². The van der Waals surface area contributed by atoms with Crippen molar-refractivity contribution in [2.45, 2.75) is 23.1 Å². The molecule has 0 bridgehead atoms. The standard InChI is InChI=1S/C14H12F6N4O4S2/c15-13(16,17)29(25,26)23-11(9-5-1-3-7-21-9)12(10-6-2-4-8-22-10)24-30(27,28)14(18,19)20/h1-8,11-12,23-24H/t11-,12-/m1/s1. The van der Waals surface area contributed by atoms with E-state index in [1.54, 1.807) is 0 Å². The second-order valence-corrected chi connectivity index (χ2v) is 9.01. The normalized spacial score (nSPS) is 15.5. The SMILES string of the molecule is O=S(=O)(N[C@H](c1ccccn1)[C@H](NS(=O)(=O)C(F)(F)F)c1ccccn1)C(F)(F)F. The van der Waals surface area contributed by atoms with Crippen LogP contribution in [0.4, 0.5) is 26.3 Å². The van der Waals surface area contributed by atoms with E-state index in [1.807, 2.05) is 0 Å². The van der Waals surface area contributed by atoms with Gasteiger partial charge in [0.15, 0.2) is 0 Å². The minimum atomic E-state index is -6.12. The van der Waals surface area contributed by atoms with Gasteiger partial charge in [-0.3, -0.25) is 9.97 Å². The Bertz CT molecular complexity index is 974. The average molecular weight is 478 g/mol. The molecule has 2 atom stereocenters. The van der Waals surface area contributed by atoms with Crippen LogP contribution in [0.1, 0.15) is 23.5 Å². The Balaban J connectivity index is 2.67. The lowest BCUT2D eigenvalue weighted by atomic mass is 10.0. The molecule has 16 heteroatoms. The van der Waals surface area contributed by atoms with Crippen LogP contribution in [0.2, 0.25) is 0 Å². The maximum atomic E-state index is 12.9. The van der Waals surface area contributed by atoms with Crippen molar-refractivity contribution in [3.8, 4) is 0 Å². The van der Waals surface area contributed by atoms with Crippen LogP contribution in [0.15, 0.2) is 48.8 Å². The van der Waals surface area contributed by atoms with Crippen LogP contribution in [0.3, 0.4) is 0 Å². The Labute approximate surface area is 166 Å². The number of halogens is 6. The van der Waals surface area contributed by atoms with Gasteiger partial charge in [-0.1, -0.05) is 12.1 Å². The molecule has 2 N–H and O–H groups in total. The molecule has 0 spiro atoms. The van der Waals surface area contributed by atoms with E-state index in [4.69, 9.17) is 0 Å². The summed E-state index contributed by atoms with van der Waals surface area (Å²) in [6.45, 7) is 0. The number of nitrogens with one attached hydrogen (secondary N) is 2. The van der Waals surface area contributed by atoms with Crippen LogP contribution in [0.5, 0.6) is 0 Å². The summed E-state index contributed by atoms with van der Waals surface area (Å²) in [6.07, 6.45) is 2.05. The first-order chi connectivity index (χ1) is 13.7. The maximum Gasteiger partial charge on any atom is 0.511 e. The molecule has 0 saturated carbocycles. The van der Waals surface area contributed by atoms with Gasteiger partial charge in [-0.05, 0) is 24.3 Å². The highest BCUT2D eigenvalue weighted by Gasteiger charge is 2.51. The predicted octanol–water partition coefficient (Wildman–Crippen LogP) is 2.14. The molecule has 2 rings (SSSR count). The average Bonchev–Trinajstić information content (AvgIpc) is 2.64. The Morgan fingerprint density at radius 2 is 1.00 bits per heavy atom. The second kappa shape index (κ2) is 8.44. The zero-order valence-electron chi connectivity index (χ0n) is 14.4. The molecule has 8 nitrogen and oxygen atoms in total. The summed E-state index contributed by atoms with van der Waals surface area (Å²) < 4.78 is 126. The van der Waals surface area contributed by atoms with E-state index in [1.165, 1.54) is 33.7 Å². The molecular formula is C14H12F6N4O4S2. The molecule has 0 aliphatic rings. The summed E-state index contributed by atoms with van der Waals surface area (Å²) in [4.78, 5) is 7.29. The van der Waals surface area contributed by atoms with Crippen molar-refractivity contribution >= 4 is 20.0 Å². The van der Waals surface area contributed by atoms with Crippen LogP contribution >= 0.6 is 0 Å². The first-order valence-electron chi connectivity index (χ1n) is 7.65. The molecule has 0 unspecified atom stereocenters. The largest absolute Gasteiger partial charge is 0.511 e. The zero-order chi connectivity index (χ0) is 22.8. The van der Waals surface area contributed by atoms with Crippen LogP contribution in [0, 0.1) is 0 Å². The highest BCUT2D eigenvalue weighted by Crippen LogP contribution is 2.34. The first kappa shape index (κ1) is 24.0. The third-order valence-corrected chi connectivity index (χ3v) is 5.87. The molecule has 30 heavy (non-hydrogen) atoms. The highest BCUT2D eigenvalue weighted by atomic mass is 32.2. The second-order valence-electron chi connectivity index (χ2n) is 5.60. The lowest BCUT2D eigenvalue weighted by molar-refractivity contribution is -0.0466. The lowest BCUT2D eigenvalue weighted by Crippen LogP contribution is -2.47. The Kier molecular flexibility index (Phi) is 6.75. The number of aromatic nitrogens is 2. The van der Waals surface area contributed by atoms with Gasteiger partial charge in [0, 0.05) is 12.4 Å². The molecular weight excluding hydrogens is 466 g/mol. The molecule has 0 aliphatic heterocycles. The minimum Gasteiger partial charge on any atom is -0.260 e. The smallest absolute Gasteiger partial charge is 0.260 e. The van der Waals surface area contributed by atoms with E-state index >= 15 is 0 Å². The van der Waals surface area contributed by atoms with Gasteiger partial charge >= 0.3 is 31.1 Å². The van der Waals surface area contributed by atoms with Crippen LogP contribution < -0.4 is 9.44 Å². The van der Waals surface area contributed by atoms with Crippen molar-refractivity contribution < 1.29 is 43.2 Å². The Morgan fingerprint density at radius 3 is 1.23 bits per heavy atom. The zero-order valence-corrected chi connectivity index (χ0v) is 16.0. The molecule has 0 aliphatic carbocycles. The van der Waals surface area contributed by atoms with E-state index in [0.717, 1.165) is 24.5 Å². The van der Waals surface area contributed by atoms with Gasteiger partial charge in [0.25, 0.3) is 0 Å². The fourth-order valence-corrected chi connectivity index (χ4v) is 3.64. The molecule has 0 fully saturated rings. The number of sulfonamides is 2. The van der Waals surface area contributed by atoms with Crippen molar-refractivity contribution in [3.63, 3.8) is 0 Å². The summed E-state index contributed by atoms with van der Waals surface area (Å²) in [5.74, 6) is 0. The molecule has 2 aromatic heterocycles. The number of pyridine rings is 2. The molecule has 2 aromatic rings. The quantitative estimate of drug-likeness (QED) is 0.589. The third kappa shape index (κ3) is 5.44. The van der Waals surface area contributed by atoms with E-state index in [2.05, 4.69) is 9.97 Å². The predicted molar refractivity (Wildman–Crippen MR) is 90.2 cm³/mol. The van der Waals surface area contributed by atoms with Crippen molar-refractivity contribution in [2.24, 2.45) is 0 Å². The molecule has 2 heterocycles. The van der Waals surface area contributed by atoms with Crippen molar-refractivity contribution in [2.75, 3.05) is 0 Å². The summed E-state index contributed by atoms with van der Waals surface area (Å²) >= 11 is 0. The van der Waals surface area contributed by atoms with Gasteiger partial charge in [-0.15, -0.1) is 0 Å². The number of alkyl halides is 6. The van der Waals surface area contributed by atoms with Gasteiger partial charge in [-0.2, -0.15) is 35.8 Å². The van der Waals surface area contributed by atoms with Crippen molar-refractivity contribution in [3.05, 3.63) is 60.2 Å². The van der Waals surface area contributed by atoms with Crippen molar-refractivity contribution in [1.29, 1.82) is 0 Å². The third-order valence-electron chi connectivity index (χ3n) is 3.52. The maximum absolute atomic E-state index is 12.9. The van der Waals surface area contributed by atoms with Crippen LogP contribution in [0.25, 0.3) is 0 Å². The van der Waals surface area contributed by atoms with Crippen molar-refractivity contribution in [1.82, 2.24) is 19.4 Å². The van der Waals surface area contributed by atoms with E-state index in [9.17, 15) is 43.2 Å². The molecule has 0 amide bonds. The summed E-state index contributed by atoms with van der Waals surface area (Å²) in [6, 6.07) is 2.57. The van der Waals surface area contributed by atoms with E-state index in [0.29, 0.717) is 0 Å². The summed E-state index contributed by atoms with van der Waals surface area (Å²) in [5.41, 5.74) is -12.7. The van der Waals surface area contributed by atoms with Gasteiger partial charge < -0.3 is 0 Å². The number of hydrogen-bond donors (Lipinski definition) is 2. The fraction of sp³-hybridized carbons (Fsp3) is 0.286. The van der Waals surface area contributed by atoms with Crippen LogP contribution in [-0.2, 0) is 20.0 Å². The van der Waals surface area contributed by atoms with Gasteiger partial charge in [-0.25, -0.2) is 16.8 Å². The first-order valence-corrected chi connectivity index (χ1v) is 10.6. The summed E-state index contributed by atoms with van der Waals surface area (Å²) in [7, 11) is -12.2. The van der Waals surface area contributed by atoms with Gasteiger partial charge in [0.1, 0.15) is 0 Å². The molecule has 166 valence electrons. The van der Waals surface area contributed by atoms with E-state index < -0.39 is 54.5 Å². The Morgan fingerprint density at radius 1 is 0.667 bits per heavy atom. The number of hydrogen-bond acceptors (Lipinski definition) is 6. The Hall–Kier alpha value is -2.30. The van der Waals surface area contributed by atoms with Gasteiger partial charge in [0.2, 0.25) is 0 Å². The van der Waals surface area contributed by atoms with Crippen LogP contribution in [-0.4, -0.2) is 37.8 Å². The topological polar surface area (TPSA) is 118 Å². The molecule has 0 saturated heterocycles.